The highest BCUT2D eigenvalue weighted by molar-refractivity contribution is 9.10. The van der Waals surface area contributed by atoms with E-state index in [1.54, 1.807) is 0 Å². The molecule has 0 N–H and O–H groups in total. The SMILES string of the molecule is O=c1cc(C23CC4CC(CC(C4)C2)C3)sc2ccc(Br)cc12. The summed E-state index contributed by atoms with van der Waals surface area (Å²) in [7, 11) is 0. The van der Waals surface area contributed by atoms with Crippen LogP contribution in [0.15, 0.2) is 33.5 Å². The Labute approximate surface area is 142 Å². The Balaban J connectivity index is 1.68. The predicted octanol–water partition coefficient (Wildman–Crippen LogP) is 5.49. The first kappa shape index (κ1) is 13.7. The van der Waals surface area contributed by atoms with Gasteiger partial charge in [0.25, 0.3) is 0 Å². The van der Waals surface area contributed by atoms with Crippen molar-refractivity contribution < 1.29 is 0 Å². The molecular weight excluding hydrogens is 356 g/mol. The summed E-state index contributed by atoms with van der Waals surface area (Å²) >= 11 is 5.36. The zero-order valence-corrected chi connectivity index (χ0v) is 14.9. The molecular formula is C19H19BrOS. The normalized spacial score (nSPS) is 36.1. The first-order valence-corrected chi connectivity index (χ1v) is 9.96. The molecule has 0 aliphatic heterocycles. The second-order valence-corrected chi connectivity index (χ2v) is 9.81. The third-order valence-corrected chi connectivity index (χ3v) is 8.09. The van der Waals surface area contributed by atoms with Gasteiger partial charge in [0.05, 0.1) is 0 Å². The van der Waals surface area contributed by atoms with Gasteiger partial charge in [-0.3, -0.25) is 4.79 Å². The highest BCUT2D eigenvalue weighted by atomic mass is 79.9. The summed E-state index contributed by atoms with van der Waals surface area (Å²) < 4.78 is 2.15. The van der Waals surface area contributed by atoms with Gasteiger partial charge in [-0.05, 0) is 80.5 Å². The van der Waals surface area contributed by atoms with Crippen LogP contribution in [-0.4, -0.2) is 0 Å². The fourth-order valence-corrected chi connectivity index (χ4v) is 7.44. The summed E-state index contributed by atoms with van der Waals surface area (Å²) in [5, 5.41) is 0.868. The molecule has 0 saturated heterocycles. The molecule has 4 bridgehead atoms. The smallest absolute Gasteiger partial charge is 0.188 e. The fourth-order valence-electron chi connectivity index (χ4n) is 5.80. The molecule has 4 saturated carbocycles. The molecule has 1 nitrogen and oxygen atoms in total. The molecule has 1 aromatic carbocycles. The van der Waals surface area contributed by atoms with Gasteiger partial charge in [0.2, 0.25) is 0 Å². The molecule has 3 heteroatoms. The van der Waals surface area contributed by atoms with Crippen molar-refractivity contribution in [1.82, 2.24) is 0 Å². The molecule has 4 fully saturated rings. The van der Waals surface area contributed by atoms with Crippen LogP contribution in [0.2, 0.25) is 0 Å². The van der Waals surface area contributed by atoms with Crippen LogP contribution in [-0.2, 0) is 5.41 Å². The Kier molecular flexibility index (Phi) is 2.92. The van der Waals surface area contributed by atoms with Crippen molar-refractivity contribution in [3.05, 3.63) is 43.8 Å². The summed E-state index contributed by atoms with van der Waals surface area (Å²) in [6.07, 6.45) is 8.35. The van der Waals surface area contributed by atoms with E-state index >= 15 is 0 Å². The largest absolute Gasteiger partial charge is 0.289 e. The second-order valence-electron chi connectivity index (χ2n) is 7.81. The number of hydrogen-bond donors (Lipinski definition) is 0. The third kappa shape index (κ3) is 1.98. The van der Waals surface area contributed by atoms with Gasteiger partial charge in [-0.25, -0.2) is 0 Å². The van der Waals surface area contributed by atoms with Crippen LogP contribution in [0.3, 0.4) is 0 Å². The summed E-state index contributed by atoms with van der Waals surface area (Å²) in [5.41, 5.74) is 0.542. The molecule has 0 amide bonds. The lowest BCUT2D eigenvalue weighted by Crippen LogP contribution is -2.48. The highest BCUT2D eigenvalue weighted by Gasteiger charge is 2.52. The molecule has 0 spiro atoms. The molecule has 6 rings (SSSR count). The van der Waals surface area contributed by atoms with Crippen molar-refractivity contribution in [2.45, 2.75) is 43.9 Å². The minimum absolute atomic E-state index is 0.209. The maximum absolute atomic E-state index is 12.6. The Morgan fingerprint density at radius 2 is 1.64 bits per heavy atom. The van der Waals surface area contributed by atoms with Crippen molar-refractivity contribution >= 4 is 37.4 Å². The van der Waals surface area contributed by atoms with E-state index in [9.17, 15) is 4.79 Å². The minimum atomic E-state index is 0.209. The summed E-state index contributed by atoms with van der Waals surface area (Å²) in [5.74, 6) is 2.78. The van der Waals surface area contributed by atoms with Crippen molar-refractivity contribution in [3.8, 4) is 0 Å². The number of benzene rings is 1. The molecule has 22 heavy (non-hydrogen) atoms. The molecule has 0 atom stereocenters. The van der Waals surface area contributed by atoms with E-state index in [2.05, 4.69) is 28.1 Å². The van der Waals surface area contributed by atoms with Crippen LogP contribution in [0, 0.1) is 17.8 Å². The van der Waals surface area contributed by atoms with Gasteiger partial charge in [-0.15, -0.1) is 11.3 Å². The van der Waals surface area contributed by atoms with E-state index in [0.29, 0.717) is 5.41 Å². The Bertz CT molecular complexity index is 787. The Morgan fingerprint density at radius 1 is 1.00 bits per heavy atom. The summed E-state index contributed by atoms with van der Waals surface area (Å²) in [6, 6.07) is 8.11. The quantitative estimate of drug-likeness (QED) is 0.644. The Morgan fingerprint density at radius 3 is 2.27 bits per heavy atom. The number of halogens is 1. The van der Waals surface area contributed by atoms with Crippen LogP contribution in [0.4, 0.5) is 0 Å². The van der Waals surface area contributed by atoms with Gasteiger partial charge < -0.3 is 0 Å². The van der Waals surface area contributed by atoms with Gasteiger partial charge in [-0.2, -0.15) is 0 Å². The highest BCUT2D eigenvalue weighted by Crippen LogP contribution is 2.61. The van der Waals surface area contributed by atoms with Crippen LogP contribution in [0.25, 0.3) is 10.1 Å². The summed E-state index contributed by atoms with van der Waals surface area (Å²) in [6.45, 7) is 0. The summed E-state index contributed by atoms with van der Waals surface area (Å²) in [4.78, 5) is 14.0. The number of hydrogen-bond acceptors (Lipinski definition) is 2. The predicted molar refractivity (Wildman–Crippen MR) is 95.6 cm³/mol. The average Bonchev–Trinajstić information content (AvgIpc) is 2.46. The average molecular weight is 375 g/mol. The number of rotatable bonds is 1. The lowest BCUT2D eigenvalue weighted by molar-refractivity contribution is -0.00354. The van der Waals surface area contributed by atoms with Crippen molar-refractivity contribution in [1.29, 1.82) is 0 Å². The monoisotopic (exact) mass is 374 g/mol. The van der Waals surface area contributed by atoms with E-state index in [4.69, 9.17) is 0 Å². The third-order valence-electron chi connectivity index (χ3n) is 6.25. The van der Waals surface area contributed by atoms with E-state index in [-0.39, 0.29) is 5.43 Å². The molecule has 4 aliphatic carbocycles. The molecule has 1 heterocycles. The van der Waals surface area contributed by atoms with Gasteiger partial charge in [0, 0.05) is 24.9 Å². The fraction of sp³-hybridized carbons (Fsp3) is 0.526. The molecule has 4 aliphatic rings. The Hall–Kier alpha value is -0.670. The van der Waals surface area contributed by atoms with Gasteiger partial charge >= 0.3 is 0 Å². The minimum Gasteiger partial charge on any atom is -0.289 e. The van der Waals surface area contributed by atoms with Gasteiger partial charge in [-0.1, -0.05) is 15.9 Å². The van der Waals surface area contributed by atoms with Crippen molar-refractivity contribution in [2.24, 2.45) is 17.8 Å². The molecule has 114 valence electrons. The zero-order valence-electron chi connectivity index (χ0n) is 12.5. The molecule has 0 radical (unpaired) electrons. The lowest BCUT2D eigenvalue weighted by atomic mass is 9.49. The van der Waals surface area contributed by atoms with Crippen LogP contribution in [0.1, 0.15) is 43.4 Å². The molecule has 1 aromatic heterocycles. The zero-order chi connectivity index (χ0) is 14.9. The second kappa shape index (κ2) is 4.67. The van der Waals surface area contributed by atoms with E-state index in [1.807, 2.05) is 23.5 Å². The molecule has 2 aromatic rings. The first-order valence-electron chi connectivity index (χ1n) is 8.35. The van der Waals surface area contributed by atoms with E-state index < -0.39 is 0 Å². The topological polar surface area (TPSA) is 17.1 Å². The maximum Gasteiger partial charge on any atom is 0.188 e. The van der Waals surface area contributed by atoms with Gasteiger partial charge in [0.15, 0.2) is 5.43 Å². The van der Waals surface area contributed by atoms with Crippen LogP contribution >= 0.6 is 27.3 Å². The van der Waals surface area contributed by atoms with E-state index in [1.165, 1.54) is 43.4 Å². The lowest BCUT2D eigenvalue weighted by Gasteiger charge is -2.56. The first-order chi connectivity index (χ1) is 10.6. The van der Waals surface area contributed by atoms with Crippen molar-refractivity contribution in [2.75, 3.05) is 0 Å². The standard InChI is InChI=1S/C19H19BrOS/c20-14-1-2-17-15(6-14)16(21)7-18(22-17)19-8-11-3-12(9-19)5-13(4-11)10-19/h1-2,6-7,11-13H,3-5,8-10H2. The van der Waals surface area contributed by atoms with Crippen LogP contribution in [0.5, 0.6) is 0 Å². The van der Waals surface area contributed by atoms with Crippen molar-refractivity contribution in [3.63, 3.8) is 0 Å². The van der Waals surface area contributed by atoms with Gasteiger partial charge in [0.1, 0.15) is 0 Å². The van der Waals surface area contributed by atoms with E-state index in [0.717, 1.165) is 32.3 Å². The van der Waals surface area contributed by atoms with Crippen LogP contribution < -0.4 is 5.43 Å². The molecule has 0 unspecified atom stereocenters. The maximum atomic E-state index is 12.6. The number of fused-ring (bicyclic) bond motifs is 1.